The molecule has 9 heteroatoms. The van der Waals surface area contributed by atoms with Crippen molar-refractivity contribution in [2.75, 3.05) is 29.0 Å². The van der Waals surface area contributed by atoms with Gasteiger partial charge in [0.2, 0.25) is 10.0 Å². The minimum absolute atomic E-state index is 0.203. The molecule has 7 nitrogen and oxygen atoms in total. The second kappa shape index (κ2) is 8.50. The smallest absolute Gasteiger partial charge is 0.235 e. The number of aromatic nitrogens is 2. The highest BCUT2D eigenvalue weighted by atomic mass is 32.2. The Hall–Kier alpha value is -3.01. The van der Waals surface area contributed by atoms with Crippen LogP contribution in [0.5, 0.6) is 0 Å². The second-order valence-corrected chi connectivity index (χ2v) is 10.4. The molecule has 32 heavy (non-hydrogen) atoms. The zero-order valence-electron chi connectivity index (χ0n) is 17.5. The maximum Gasteiger partial charge on any atom is 0.235 e. The molecule has 0 aliphatic carbocycles. The first-order chi connectivity index (χ1) is 15.5. The normalized spacial score (nSPS) is 15.3. The average molecular weight is 467 g/mol. The van der Waals surface area contributed by atoms with Gasteiger partial charge in [0.1, 0.15) is 17.3 Å². The van der Waals surface area contributed by atoms with E-state index < -0.39 is 10.0 Å². The summed E-state index contributed by atoms with van der Waals surface area (Å²) in [4.78, 5) is 10.3. The summed E-state index contributed by atoms with van der Waals surface area (Å²) in [5.74, 6) is 1.50. The van der Waals surface area contributed by atoms with Gasteiger partial charge < -0.3 is 10.1 Å². The zero-order valence-corrected chi connectivity index (χ0v) is 19.1. The lowest BCUT2D eigenvalue weighted by Gasteiger charge is -2.17. The number of hydrogen-bond acceptors (Lipinski definition) is 7. The quantitative estimate of drug-likeness (QED) is 0.440. The predicted molar refractivity (Wildman–Crippen MR) is 129 cm³/mol. The van der Waals surface area contributed by atoms with E-state index in [4.69, 9.17) is 9.72 Å². The molecule has 164 valence electrons. The number of methoxy groups -OCH3 is 1. The molecule has 3 heterocycles. The Morgan fingerprint density at radius 1 is 1.09 bits per heavy atom. The van der Waals surface area contributed by atoms with Crippen LogP contribution in [0, 0.1) is 0 Å². The van der Waals surface area contributed by atoms with Crippen molar-refractivity contribution in [1.29, 1.82) is 0 Å². The highest BCUT2D eigenvalue weighted by Crippen LogP contribution is 2.38. The molecule has 1 aliphatic heterocycles. The number of nitrogens with zero attached hydrogens (tertiary/aromatic N) is 3. The molecule has 2 aromatic heterocycles. The maximum atomic E-state index is 12.2. The number of fused-ring (bicyclic) bond motifs is 1. The average Bonchev–Trinajstić information content (AvgIpc) is 3.38. The third kappa shape index (κ3) is 3.94. The summed E-state index contributed by atoms with van der Waals surface area (Å²) in [6, 6.07) is 17.6. The molecule has 1 saturated heterocycles. The lowest BCUT2D eigenvalue weighted by Crippen LogP contribution is -2.24. The van der Waals surface area contributed by atoms with Crippen LogP contribution in [0.15, 0.2) is 60.0 Å². The molecular formula is C23H22N4O3S2. The van der Waals surface area contributed by atoms with Crippen LogP contribution < -0.4 is 9.62 Å². The number of hydrogen-bond donors (Lipinski definition) is 1. The Bertz CT molecular complexity index is 1350. The van der Waals surface area contributed by atoms with Crippen LogP contribution in [-0.4, -0.2) is 37.8 Å². The first-order valence-corrected chi connectivity index (χ1v) is 12.7. The monoisotopic (exact) mass is 466 g/mol. The molecule has 5 rings (SSSR count). The van der Waals surface area contributed by atoms with E-state index in [1.807, 2.05) is 42.5 Å². The number of nitrogens with one attached hydrogen (secondary N) is 1. The Morgan fingerprint density at radius 2 is 1.88 bits per heavy atom. The van der Waals surface area contributed by atoms with Crippen LogP contribution in [0.2, 0.25) is 0 Å². The molecule has 4 aromatic rings. The van der Waals surface area contributed by atoms with Crippen molar-refractivity contribution >= 4 is 48.8 Å². The van der Waals surface area contributed by atoms with Gasteiger partial charge in [0.25, 0.3) is 0 Å². The van der Waals surface area contributed by atoms with Crippen LogP contribution in [0.25, 0.3) is 21.3 Å². The highest BCUT2D eigenvalue weighted by molar-refractivity contribution is 7.93. The van der Waals surface area contributed by atoms with Crippen LogP contribution in [-0.2, 0) is 21.4 Å². The van der Waals surface area contributed by atoms with Gasteiger partial charge in [-0.05, 0) is 36.2 Å². The SMILES string of the molecule is COCc1nc(Nc2ccc(N3CCCS3(=O)=O)cc2)c2c(-c3ccccc3)csc2n1. The minimum Gasteiger partial charge on any atom is -0.377 e. The molecule has 0 spiro atoms. The van der Waals surface area contributed by atoms with E-state index in [-0.39, 0.29) is 5.75 Å². The van der Waals surface area contributed by atoms with Gasteiger partial charge in [-0.1, -0.05) is 30.3 Å². The molecular weight excluding hydrogens is 444 g/mol. The molecule has 1 aliphatic rings. The topological polar surface area (TPSA) is 84.4 Å². The summed E-state index contributed by atoms with van der Waals surface area (Å²) in [6.45, 7) is 0.840. The van der Waals surface area contributed by atoms with E-state index in [0.29, 0.717) is 36.9 Å². The molecule has 1 fully saturated rings. The van der Waals surface area contributed by atoms with Crippen molar-refractivity contribution < 1.29 is 13.2 Å². The van der Waals surface area contributed by atoms with Crippen molar-refractivity contribution in [2.45, 2.75) is 13.0 Å². The largest absolute Gasteiger partial charge is 0.377 e. The Morgan fingerprint density at radius 3 is 2.56 bits per heavy atom. The number of rotatable bonds is 6. The number of ether oxygens (including phenoxy) is 1. The molecule has 1 N–H and O–H groups in total. The van der Waals surface area contributed by atoms with E-state index >= 15 is 0 Å². The summed E-state index contributed by atoms with van der Waals surface area (Å²) in [7, 11) is -1.58. The third-order valence-corrected chi connectivity index (χ3v) is 8.10. The second-order valence-electron chi connectivity index (χ2n) is 7.53. The summed E-state index contributed by atoms with van der Waals surface area (Å²) < 4.78 is 31.1. The first-order valence-electron chi connectivity index (χ1n) is 10.2. The van der Waals surface area contributed by atoms with Gasteiger partial charge in [-0.3, -0.25) is 4.31 Å². The van der Waals surface area contributed by atoms with E-state index in [1.54, 1.807) is 18.4 Å². The van der Waals surface area contributed by atoms with E-state index in [0.717, 1.165) is 27.0 Å². The fourth-order valence-corrected chi connectivity index (χ4v) is 6.41. The molecule has 0 amide bonds. The fraction of sp³-hybridized carbons (Fsp3) is 0.217. The van der Waals surface area contributed by atoms with Crippen LogP contribution >= 0.6 is 11.3 Å². The van der Waals surface area contributed by atoms with E-state index in [2.05, 4.69) is 27.8 Å². The third-order valence-electron chi connectivity index (χ3n) is 5.36. The molecule has 0 unspecified atom stereocenters. The van der Waals surface area contributed by atoms with E-state index in [9.17, 15) is 8.42 Å². The Labute approximate surface area is 190 Å². The van der Waals surface area contributed by atoms with Crippen LogP contribution in [0.4, 0.5) is 17.2 Å². The van der Waals surface area contributed by atoms with Crippen molar-refractivity contribution in [3.8, 4) is 11.1 Å². The van der Waals surface area contributed by atoms with Gasteiger partial charge in [0.15, 0.2) is 5.82 Å². The van der Waals surface area contributed by atoms with Crippen LogP contribution in [0.1, 0.15) is 12.2 Å². The first kappa shape index (κ1) is 20.9. The van der Waals surface area contributed by atoms with Crippen molar-refractivity contribution in [2.24, 2.45) is 0 Å². The summed E-state index contributed by atoms with van der Waals surface area (Å²) in [6.07, 6.45) is 0.657. The standard InChI is InChI=1S/C23H22N4O3S2/c1-30-14-20-25-22(21-19(15-31-23(21)26-20)16-6-3-2-4-7-16)24-17-8-10-18(11-9-17)27-12-5-13-32(27,28)29/h2-4,6-11,15H,5,12-14H2,1H3,(H,24,25,26). The molecule has 0 radical (unpaired) electrons. The molecule has 0 saturated carbocycles. The lowest BCUT2D eigenvalue weighted by atomic mass is 10.1. The zero-order chi connectivity index (χ0) is 22.1. The van der Waals surface area contributed by atoms with Gasteiger partial charge in [-0.2, -0.15) is 0 Å². The highest BCUT2D eigenvalue weighted by Gasteiger charge is 2.28. The molecule has 2 aromatic carbocycles. The summed E-state index contributed by atoms with van der Waals surface area (Å²) in [5.41, 5.74) is 3.66. The van der Waals surface area contributed by atoms with E-state index in [1.165, 1.54) is 4.31 Å². The fourth-order valence-electron chi connectivity index (χ4n) is 3.88. The lowest BCUT2D eigenvalue weighted by molar-refractivity contribution is 0.178. The van der Waals surface area contributed by atoms with Gasteiger partial charge in [0, 0.05) is 30.3 Å². The molecule has 0 atom stereocenters. The predicted octanol–water partition coefficient (Wildman–Crippen LogP) is 4.79. The number of thiophene rings is 1. The van der Waals surface area contributed by atoms with Crippen molar-refractivity contribution in [1.82, 2.24) is 9.97 Å². The van der Waals surface area contributed by atoms with Crippen molar-refractivity contribution in [3.63, 3.8) is 0 Å². The summed E-state index contributed by atoms with van der Waals surface area (Å²) >= 11 is 1.57. The molecule has 0 bridgehead atoms. The van der Waals surface area contributed by atoms with Crippen molar-refractivity contribution in [3.05, 3.63) is 65.8 Å². The number of anilines is 3. The van der Waals surface area contributed by atoms with Gasteiger partial charge >= 0.3 is 0 Å². The number of sulfonamides is 1. The maximum absolute atomic E-state index is 12.2. The van der Waals surface area contributed by atoms with Gasteiger partial charge in [-0.15, -0.1) is 11.3 Å². The minimum atomic E-state index is -3.20. The van der Waals surface area contributed by atoms with Gasteiger partial charge in [0.05, 0.1) is 16.8 Å². The van der Waals surface area contributed by atoms with Gasteiger partial charge in [-0.25, -0.2) is 18.4 Å². The van der Waals surface area contributed by atoms with Crippen LogP contribution in [0.3, 0.4) is 0 Å². The number of benzene rings is 2. The summed E-state index contributed by atoms with van der Waals surface area (Å²) in [5, 5.41) is 6.46. The Balaban J connectivity index is 1.53. The Kier molecular flexibility index (Phi) is 5.54.